The highest BCUT2D eigenvalue weighted by Crippen LogP contribution is 2.32. The number of nitrogens with one attached hydrogen (secondary N) is 1. The maximum absolute atomic E-state index is 10.9. The van der Waals surface area contributed by atoms with Crippen LogP contribution in [0, 0.1) is 0 Å². The Kier molecular flexibility index (Phi) is 8.68. The fraction of sp³-hybridized carbons (Fsp3) is 1.00. The lowest BCUT2D eigenvalue weighted by Crippen LogP contribution is -2.71. The minimum Gasteiger partial charge on any atom is -0.391 e. The lowest BCUT2D eigenvalue weighted by atomic mass is 9.84. The Bertz CT molecular complexity index is 648. The van der Waals surface area contributed by atoms with E-state index in [0.717, 1.165) is 0 Å². The molecule has 14 nitrogen and oxygen atoms in total. The molecule has 3 fully saturated rings. The van der Waals surface area contributed by atoms with E-state index in [2.05, 4.69) is 5.32 Å². The average Bonchev–Trinajstić information content (AvgIpc) is 2.75. The van der Waals surface area contributed by atoms with Gasteiger partial charge in [0, 0.05) is 18.1 Å². The van der Waals surface area contributed by atoms with Gasteiger partial charge in [-0.3, -0.25) is 0 Å². The van der Waals surface area contributed by atoms with Crippen molar-refractivity contribution in [2.75, 3.05) is 0 Å². The molecule has 194 valence electrons. The first-order chi connectivity index (χ1) is 15.3. The molecule has 0 amide bonds. The minimum absolute atomic E-state index is 0.116. The fourth-order valence-corrected chi connectivity index (χ4v) is 4.75. The molecule has 33 heavy (non-hydrogen) atoms. The van der Waals surface area contributed by atoms with Gasteiger partial charge in [0.05, 0.1) is 24.3 Å². The van der Waals surface area contributed by atoms with Gasteiger partial charge in [0.1, 0.15) is 42.7 Å². The summed E-state index contributed by atoms with van der Waals surface area (Å²) in [7, 11) is 0. The zero-order valence-corrected chi connectivity index (χ0v) is 18.5. The Balaban J connectivity index is 2.04. The summed E-state index contributed by atoms with van der Waals surface area (Å²) in [5.74, 6) is 0. The normalized spacial score (nSPS) is 53.8. The second-order valence-electron chi connectivity index (χ2n) is 9.40. The quantitative estimate of drug-likeness (QED) is 0.175. The smallest absolute Gasteiger partial charge is 0.184 e. The molecule has 2 aliphatic heterocycles. The second-order valence-corrected chi connectivity index (χ2v) is 9.40. The van der Waals surface area contributed by atoms with E-state index in [1.165, 1.54) is 13.8 Å². The molecular formula is C19H38N4O10. The molecule has 0 radical (unpaired) electrons. The van der Waals surface area contributed by atoms with Gasteiger partial charge >= 0.3 is 0 Å². The highest BCUT2D eigenvalue weighted by atomic mass is 16.7. The largest absolute Gasteiger partial charge is 0.391 e. The molecule has 0 spiro atoms. The van der Waals surface area contributed by atoms with Crippen molar-refractivity contribution in [3.8, 4) is 0 Å². The van der Waals surface area contributed by atoms with E-state index in [-0.39, 0.29) is 6.42 Å². The van der Waals surface area contributed by atoms with Crippen LogP contribution in [0.25, 0.3) is 0 Å². The third-order valence-corrected chi connectivity index (χ3v) is 6.73. The Labute approximate surface area is 191 Å². The summed E-state index contributed by atoms with van der Waals surface area (Å²) in [6, 6.07) is -4.83. The number of ether oxygens (including phenoxy) is 3. The lowest BCUT2D eigenvalue weighted by molar-refractivity contribution is -0.317. The van der Waals surface area contributed by atoms with E-state index < -0.39 is 97.7 Å². The molecule has 16 atom stereocenters. The number of aliphatic hydroxyl groups is 7. The van der Waals surface area contributed by atoms with Crippen molar-refractivity contribution in [2.24, 2.45) is 17.2 Å². The molecule has 0 aromatic rings. The summed E-state index contributed by atoms with van der Waals surface area (Å²) in [6.07, 6.45) is -16.2. The van der Waals surface area contributed by atoms with Crippen molar-refractivity contribution in [3.63, 3.8) is 0 Å². The van der Waals surface area contributed by atoms with Crippen molar-refractivity contribution < 1.29 is 50.0 Å². The maximum atomic E-state index is 10.9. The molecule has 3 aliphatic rings. The van der Waals surface area contributed by atoms with Gasteiger partial charge in [0.25, 0.3) is 0 Å². The number of fused-ring (bicyclic) bond motifs is 2. The topological polar surface area (TPSA) is 259 Å². The van der Waals surface area contributed by atoms with Gasteiger partial charge in [-0.1, -0.05) is 0 Å². The van der Waals surface area contributed by atoms with Crippen LogP contribution in [0.15, 0.2) is 0 Å². The summed E-state index contributed by atoms with van der Waals surface area (Å²) in [5.41, 5.74) is 18.1. The number of aliphatic hydroxyl groups excluding tert-OH is 7. The van der Waals surface area contributed by atoms with Gasteiger partial charge in [-0.15, -0.1) is 0 Å². The van der Waals surface area contributed by atoms with Crippen LogP contribution in [0.2, 0.25) is 0 Å². The van der Waals surface area contributed by atoms with Gasteiger partial charge < -0.3 is 72.5 Å². The predicted molar refractivity (Wildman–Crippen MR) is 111 cm³/mol. The Hall–Kier alpha value is -0.560. The summed E-state index contributed by atoms with van der Waals surface area (Å²) >= 11 is 0. The first-order valence-corrected chi connectivity index (χ1v) is 11.1. The number of rotatable bonds is 2. The monoisotopic (exact) mass is 482 g/mol. The van der Waals surface area contributed by atoms with Crippen molar-refractivity contribution in [3.05, 3.63) is 0 Å². The fourth-order valence-electron chi connectivity index (χ4n) is 4.75. The first-order valence-electron chi connectivity index (χ1n) is 11.1. The molecular weight excluding hydrogens is 444 g/mol. The Morgan fingerprint density at radius 1 is 0.788 bits per heavy atom. The Morgan fingerprint density at radius 2 is 1.42 bits per heavy atom. The standard InChI is InChI=1S/C19H38N4O10/c1-4(20)8-11(26)14(29)18(30)31-17-10(25)6(21)3-7(22)16(17)33-19-9(23-8)12(27)13(28)15(32-19)5(2)24/h4-19,23-30H,3,20-22H2,1-2H3. The van der Waals surface area contributed by atoms with Crippen LogP contribution in [-0.4, -0.2) is 133 Å². The number of hydrogen-bond donors (Lipinski definition) is 11. The summed E-state index contributed by atoms with van der Waals surface area (Å²) in [5, 5.41) is 76.6. The van der Waals surface area contributed by atoms with E-state index in [4.69, 9.17) is 31.4 Å². The Morgan fingerprint density at radius 3 is 2.00 bits per heavy atom. The second kappa shape index (κ2) is 10.6. The minimum atomic E-state index is -1.98. The molecule has 2 saturated heterocycles. The van der Waals surface area contributed by atoms with Gasteiger partial charge in [-0.05, 0) is 20.3 Å². The van der Waals surface area contributed by atoms with Crippen molar-refractivity contribution in [1.82, 2.24) is 5.32 Å². The van der Waals surface area contributed by atoms with E-state index in [1.807, 2.05) is 0 Å². The lowest BCUT2D eigenvalue weighted by Gasteiger charge is -2.48. The maximum Gasteiger partial charge on any atom is 0.184 e. The first kappa shape index (κ1) is 27.0. The molecule has 1 saturated carbocycles. The average molecular weight is 483 g/mol. The SMILES string of the molecule is CC(N)C1NC2C(OC(C(C)O)C(O)C2O)OC2C(N)CC(N)C(O)C2OC(O)C(O)C1O. The number of hydrogen-bond acceptors (Lipinski definition) is 14. The third kappa shape index (κ3) is 5.34. The predicted octanol–water partition coefficient (Wildman–Crippen LogP) is -6.27. The van der Waals surface area contributed by atoms with Crippen molar-refractivity contribution in [2.45, 2.75) is 118 Å². The molecule has 14 N–H and O–H groups in total. The summed E-state index contributed by atoms with van der Waals surface area (Å²) < 4.78 is 17.3. The molecule has 1 aliphatic carbocycles. The number of nitrogens with two attached hydrogens (primary N) is 3. The molecule has 0 aromatic heterocycles. The van der Waals surface area contributed by atoms with Crippen molar-refractivity contribution in [1.29, 1.82) is 0 Å². The van der Waals surface area contributed by atoms with Crippen LogP contribution in [0.1, 0.15) is 20.3 Å². The van der Waals surface area contributed by atoms with Crippen molar-refractivity contribution >= 4 is 0 Å². The third-order valence-electron chi connectivity index (χ3n) is 6.73. The molecule has 14 heteroatoms. The zero-order valence-electron chi connectivity index (χ0n) is 18.5. The van der Waals surface area contributed by atoms with Crippen LogP contribution in [0.3, 0.4) is 0 Å². The van der Waals surface area contributed by atoms with Crippen LogP contribution in [-0.2, 0) is 14.2 Å². The van der Waals surface area contributed by atoms with Crippen LogP contribution in [0.4, 0.5) is 0 Å². The van der Waals surface area contributed by atoms with E-state index in [1.54, 1.807) is 0 Å². The molecule has 2 heterocycles. The molecule has 3 rings (SSSR count). The van der Waals surface area contributed by atoms with Crippen LogP contribution in [0.5, 0.6) is 0 Å². The van der Waals surface area contributed by atoms with Gasteiger partial charge in [-0.2, -0.15) is 0 Å². The summed E-state index contributed by atoms with van der Waals surface area (Å²) in [6.45, 7) is 2.88. The highest BCUT2D eigenvalue weighted by molar-refractivity contribution is 5.04. The van der Waals surface area contributed by atoms with Crippen LogP contribution < -0.4 is 22.5 Å². The van der Waals surface area contributed by atoms with E-state index in [9.17, 15) is 35.7 Å². The van der Waals surface area contributed by atoms with Crippen LogP contribution >= 0.6 is 0 Å². The summed E-state index contributed by atoms with van der Waals surface area (Å²) in [4.78, 5) is 0. The van der Waals surface area contributed by atoms with E-state index >= 15 is 0 Å². The molecule has 16 unspecified atom stereocenters. The highest BCUT2D eigenvalue weighted by Gasteiger charge is 2.53. The molecule has 0 aromatic carbocycles. The van der Waals surface area contributed by atoms with Gasteiger partial charge in [0.2, 0.25) is 0 Å². The zero-order chi connectivity index (χ0) is 24.8. The van der Waals surface area contributed by atoms with Gasteiger partial charge in [0.15, 0.2) is 12.6 Å². The van der Waals surface area contributed by atoms with Gasteiger partial charge in [-0.25, -0.2) is 0 Å². The van der Waals surface area contributed by atoms with E-state index in [0.29, 0.717) is 0 Å². The molecule has 0 bridgehead atoms.